The first-order valence-electron chi connectivity index (χ1n) is 7.19. The SMILES string of the molecule is CN(Cc1cnc(CN(C)CC(O)CO)cn1)CC(O)CO. The molecule has 8 heteroatoms. The van der Waals surface area contributed by atoms with Crippen LogP contribution in [0.2, 0.25) is 0 Å². The summed E-state index contributed by atoms with van der Waals surface area (Å²) in [5.41, 5.74) is 1.55. The Kier molecular flexibility index (Phi) is 8.39. The molecule has 0 bridgehead atoms. The number of aromatic nitrogens is 2. The third kappa shape index (κ3) is 7.21. The fourth-order valence-corrected chi connectivity index (χ4v) is 2.06. The van der Waals surface area contributed by atoms with Crippen LogP contribution in [0.5, 0.6) is 0 Å². The van der Waals surface area contributed by atoms with Crippen LogP contribution >= 0.6 is 0 Å². The maximum Gasteiger partial charge on any atom is 0.0897 e. The van der Waals surface area contributed by atoms with Crippen molar-refractivity contribution in [1.29, 1.82) is 0 Å². The van der Waals surface area contributed by atoms with E-state index in [0.717, 1.165) is 11.4 Å². The molecule has 1 heterocycles. The minimum Gasteiger partial charge on any atom is -0.394 e. The van der Waals surface area contributed by atoms with E-state index in [4.69, 9.17) is 10.2 Å². The van der Waals surface area contributed by atoms with E-state index < -0.39 is 12.2 Å². The molecule has 0 radical (unpaired) electrons. The van der Waals surface area contributed by atoms with Crippen molar-refractivity contribution in [3.05, 3.63) is 23.8 Å². The highest BCUT2D eigenvalue weighted by molar-refractivity contribution is 5.02. The molecule has 0 saturated heterocycles. The lowest BCUT2D eigenvalue weighted by atomic mass is 10.3. The van der Waals surface area contributed by atoms with Crippen molar-refractivity contribution in [2.45, 2.75) is 25.3 Å². The van der Waals surface area contributed by atoms with Gasteiger partial charge in [-0.3, -0.25) is 19.8 Å². The van der Waals surface area contributed by atoms with Gasteiger partial charge in [0.05, 0.1) is 49.2 Å². The highest BCUT2D eigenvalue weighted by Crippen LogP contribution is 2.03. The van der Waals surface area contributed by atoms with E-state index in [9.17, 15) is 10.2 Å². The molecule has 0 aliphatic rings. The number of likely N-dealkylation sites (N-methyl/N-ethyl adjacent to an activating group) is 2. The highest BCUT2D eigenvalue weighted by Gasteiger charge is 2.10. The van der Waals surface area contributed by atoms with E-state index in [1.165, 1.54) is 0 Å². The van der Waals surface area contributed by atoms with Gasteiger partial charge in [0.25, 0.3) is 0 Å². The average molecular weight is 314 g/mol. The number of aliphatic hydroxyl groups excluding tert-OH is 4. The number of hydrogen-bond acceptors (Lipinski definition) is 8. The van der Waals surface area contributed by atoms with Crippen LogP contribution in [-0.2, 0) is 13.1 Å². The predicted octanol–water partition coefficient (Wildman–Crippen LogP) is -1.95. The fraction of sp³-hybridized carbons (Fsp3) is 0.714. The molecule has 126 valence electrons. The normalized spacial score (nSPS) is 14.5. The van der Waals surface area contributed by atoms with Crippen LogP contribution in [0.15, 0.2) is 12.4 Å². The van der Waals surface area contributed by atoms with Crippen LogP contribution in [0.3, 0.4) is 0 Å². The van der Waals surface area contributed by atoms with Crippen LogP contribution in [0.1, 0.15) is 11.4 Å². The number of aliphatic hydroxyl groups is 4. The van der Waals surface area contributed by atoms with Crippen molar-refractivity contribution in [2.24, 2.45) is 0 Å². The largest absolute Gasteiger partial charge is 0.394 e. The lowest BCUT2D eigenvalue weighted by molar-refractivity contribution is 0.0640. The second-order valence-electron chi connectivity index (χ2n) is 5.57. The van der Waals surface area contributed by atoms with Gasteiger partial charge < -0.3 is 20.4 Å². The van der Waals surface area contributed by atoms with E-state index in [1.54, 1.807) is 12.4 Å². The van der Waals surface area contributed by atoms with Gasteiger partial charge in [0.15, 0.2) is 0 Å². The van der Waals surface area contributed by atoms with E-state index >= 15 is 0 Å². The molecule has 0 amide bonds. The second kappa shape index (κ2) is 9.78. The van der Waals surface area contributed by atoms with E-state index in [2.05, 4.69) is 9.97 Å². The standard InChI is InChI=1S/C14H26N4O4/c1-17(7-13(21)9-19)5-11-3-16-12(4-15-11)6-18(2)8-14(22)10-20/h3-4,13-14,19-22H,5-10H2,1-2H3. The molecule has 0 aliphatic heterocycles. The molecule has 1 aromatic heterocycles. The van der Waals surface area contributed by atoms with Gasteiger partial charge in [-0.1, -0.05) is 0 Å². The van der Waals surface area contributed by atoms with Gasteiger partial charge in [-0.2, -0.15) is 0 Å². The molecule has 1 aromatic rings. The van der Waals surface area contributed by atoms with Crippen LogP contribution in [0, 0.1) is 0 Å². The zero-order valence-corrected chi connectivity index (χ0v) is 13.1. The van der Waals surface area contributed by atoms with Crippen LogP contribution in [-0.4, -0.2) is 92.8 Å². The van der Waals surface area contributed by atoms with Gasteiger partial charge in [0, 0.05) is 26.2 Å². The van der Waals surface area contributed by atoms with Crippen LogP contribution in [0.25, 0.3) is 0 Å². The molecule has 2 atom stereocenters. The Morgan fingerprint density at radius 2 is 1.23 bits per heavy atom. The molecule has 22 heavy (non-hydrogen) atoms. The summed E-state index contributed by atoms with van der Waals surface area (Å²) in [4.78, 5) is 12.3. The Hall–Kier alpha value is -1.16. The second-order valence-corrected chi connectivity index (χ2v) is 5.57. The maximum absolute atomic E-state index is 9.37. The molecular formula is C14H26N4O4. The smallest absolute Gasteiger partial charge is 0.0897 e. The van der Waals surface area contributed by atoms with Crippen LogP contribution in [0.4, 0.5) is 0 Å². The lowest BCUT2D eigenvalue weighted by Crippen LogP contribution is -2.32. The number of rotatable bonds is 10. The van der Waals surface area contributed by atoms with Crippen molar-refractivity contribution in [3.63, 3.8) is 0 Å². The first-order valence-corrected chi connectivity index (χ1v) is 7.19. The number of nitrogens with zero attached hydrogens (tertiary/aromatic N) is 4. The molecule has 1 rings (SSSR count). The van der Waals surface area contributed by atoms with Crippen molar-refractivity contribution in [2.75, 3.05) is 40.4 Å². The summed E-state index contributed by atoms with van der Waals surface area (Å²) >= 11 is 0. The summed E-state index contributed by atoms with van der Waals surface area (Å²) in [5.74, 6) is 0. The quantitative estimate of drug-likeness (QED) is 0.394. The van der Waals surface area contributed by atoms with Gasteiger partial charge in [-0.15, -0.1) is 0 Å². The third-order valence-corrected chi connectivity index (χ3v) is 3.09. The van der Waals surface area contributed by atoms with Crippen LogP contribution < -0.4 is 0 Å². The molecule has 8 nitrogen and oxygen atoms in total. The lowest BCUT2D eigenvalue weighted by Gasteiger charge is -2.20. The monoisotopic (exact) mass is 314 g/mol. The molecule has 4 N–H and O–H groups in total. The summed E-state index contributed by atoms with van der Waals surface area (Å²) < 4.78 is 0. The van der Waals surface area contributed by atoms with Crippen molar-refractivity contribution in [1.82, 2.24) is 19.8 Å². The molecular weight excluding hydrogens is 288 g/mol. The molecule has 0 fully saturated rings. The van der Waals surface area contributed by atoms with Crippen molar-refractivity contribution >= 4 is 0 Å². The Morgan fingerprint density at radius 3 is 1.50 bits per heavy atom. The first-order chi connectivity index (χ1) is 10.4. The predicted molar refractivity (Wildman–Crippen MR) is 80.9 cm³/mol. The van der Waals surface area contributed by atoms with E-state index in [1.807, 2.05) is 23.9 Å². The Balaban J connectivity index is 2.45. The molecule has 2 unspecified atom stereocenters. The van der Waals surface area contributed by atoms with Gasteiger partial charge in [0.1, 0.15) is 0 Å². The number of hydrogen-bond donors (Lipinski definition) is 4. The highest BCUT2D eigenvalue weighted by atomic mass is 16.3. The minimum absolute atomic E-state index is 0.263. The average Bonchev–Trinajstić information content (AvgIpc) is 2.48. The summed E-state index contributed by atoms with van der Waals surface area (Å²) in [6.45, 7) is 1.26. The summed E-state index contributed by atoms with van der Waals surface area (Å²) in [7, 11) is 3.66. The van der Waals surface area contributed by atoms with E-state index in [0.29, 0.717) is 26.2 Å². The fourth-order valence-electron chi connectivity index (χ4n) is 2.06. The van der Waals surface area contributed by atoms with E-state index in [-0.39, 0.29) is 13.2 Å². The summed E-state index contributed by atoms with van der Waals surface area (Å²) in [6, 6.07) is 0. The molecule has 0 spiro atoms. The molecule has 0 saturated carbocycles. The van der Waals surface area contributed by atoms with Crippen molar-refractivity contribution in [3.8, 4) is 0 Å². The Labute approximate surface area is 130 Å². The van der Waals surface area contributed by atoms with Crippen molar-refractivity contribution < 1.29 is 20.4 Å². The zero-order valence-electron chi connectivity index (χ0n) is 13.1. The molecule has 0 aliphatic carbocycles. The van der Waals surface area contributed by atoms with Gasteiger partial charge in [-0.05, 0) is 14.1 Å². The zero-order chi connectivity index (χ0) is 16.5. The maximum atomic E-state index is 9.37. The topological polar surface area (TPSA) is 113 Å². The van der Waals surface area contributed by atoms with Gasteiger partial charge in [-0.25, -0.2) is 0 Å². The summed E-state index contributed by atoms with van der Waals surface area (Å²) in [6.07, 6.45) is 1.83. The first kappa shape index (κ1) is 18.9. The van der Waals surface area contributed by atoms with Gasteiger partial charge in [0.2, 0.25) is 0 Å². The minimum atomic E-state index is -0.760. The third-order valence-electron chi connectivity index (χ3n) is 3.09. The molecule has 0 aromatic carbocycles. The Morgan fingerprint density at radius 1 is 0.864 bits per heavy atom. The summed E-state index contributed by atoms with van der Waals surface area (Å²) in [5, 5.41) is 36.4. The Bertz CT molecular complexity index is 379. The van der Waals surface area contributed by atoms with Gasteiger partial charge >= 0.3 is 0 Å².